The zero-order valence-electron chi connectivity index (χ0n) is 14.6. The molecule has 0 spiro atoms. The summed E-state index contributed by atoms with van der Waals surface area (Å²) in [6.45, 7) is 6.57. The molecule has 0 aliphatic heterocycles. The monoisotopic (exact) mass is 336 g/mol. The first-order valence-electron chi connectivity index (χ1n) is 9.02. The molecule has 2 aliphatic carbocycles. The number of ether oxygens (including phenoxy) is 1. The molecular formula is C20H26F2O2. The van der Waals surface area contributed by atoms with Gasteiger partial charge in [-0.25, -0.2) is 8.78 Å². The summed E-state index contributed by atoms with van der Waals surface area (Å²) in [7, 11) is 0. The number of carbonyl (C=O) groups excluding carboxylic acids is 1. The highest BCUT2D eigenvalue weighted by atomic mass is 19.2. The van der Waals surface area contributed by atoms with Crippen LogP contribution >= 0.6 is 0 Å². The van der Waals surface area contributed by atoms with E-state index in [1.807, 2.05) is 0 Å². The van der Waals surface area contributed by atoms with Crippen LogP contribution in [-0.4, -0.2) is 12.1 Å². The standard InChI is InChI=1S/C20H26F2O2/c1-11(2)14-6-4-12(3)8-19(14)24-20(23)16-10-15(16)13-5-7-17(21)18(22)9-13/h5,7,9,11-12,14-16,19H,4,6,8,10H2,1-3H3/t12-,14+,15-,16+,19-/m1/s1. The quantitative estimate of drug-likeness (QED) is 0.717. The second-order valence-corrected chi connectivity index (χ2v) is 7.92. The molecule has 0 heterocycles. The van der Waals surface area contributed by atoms with Crippen LogP contribution in [0.3, 0.4) is 0 Å². The Labute approximate surface area is 142 Å². The molecule has 0 unspecified atom stereocenters. The highest BCUT2D eigenvalue weighted by Gasteiger charge is 2.47. The van der Waals surface area contributed by atoms with Crippen molar-refractivity contribution in [2.75, 3.05) is 0 Å². The first kappa shape index (κ1) is 17.4. The first-order chi connectivity index (χ1) is 11.4. The van der Waals surface area contributed by atoms with Gasteiger partial charge in [-0.3, -0.25) is 4.79 Å². The molecule has 1 aromatic rings. The average Bonchev–Trinajstić information content (AvgIpc) is 3.30. The summed E-state index contributed by atoms with van der Waals surface area (Å²) < 4.78 is 32.3. The van der Waals surface area contributed by atoms with E-state index in [1.54, 1.807) is 6.07 Å². The van der Waals surface area contributed by atoms with Gasteiger partial charge in [-0.15, -0.1) is 0 Å². The lowest BCUT2D eigenvalue weighted by Crippen LogP contribution is -2.36. The molecule has 1 aromatic carbocycles. The van der Waals surface area contributed by atoms with Gasteiger partial charge in [0, 0.05) is 0 Å². The van der Waals surface area contributed by atoms with Crippen LogP contribution in [0.5, 0.6) is 0 Å². The summed E-state index contributed by atoms with van der Waals surface area (Å²) in [6.07, 6.45) is 3.88. The van der Waals surface area contributed by atoms with Crippen molar-refractivity contribution in [1.82, 2.24) is 0 Å². The Bertz CT molecular complexity index is 614. The Hall–Kier alpha value is -1.45. The Kier molecular flexibility index (Phi) is 4.93. The highest BCUT2D eigenvalue weighted by molar-refractivity contribution is 5.77. The third-order valence-electron chi connectivity index (χ3n) is 5.69. The van der Waals surface area contributed by atoms with E-state index in [1.165, 1.54) is 12.5 Å². The largest absolute Gasteiger partial charge is 0.462 e. The zero-order valence-corrected chi connectivity index (χ0v) is 14.6. The first-order valence-corrected chi connectivity index (χ1v) is 9.02. The van der Waals surface area contributed by atoms with E-state index in [9.17, 15) is 13.6 Å². The van der Waals surface area contributed by atoms with Crippen molar-refractivity contribution in [2.24, 2.45) is 23.7 Å². The summed E-state index contributed by atoms with van der Waals surface area (Å²) >= 11 is 0. The Balaban J connectivity index is 1.62. The van der Waals surface area contributed by atoms with Gasteiger partial charge < -0.3 is 4.74 Å². The molecule has 0 amide bonds. The third kappa shape index (κ3) is 3.62. The molecule has 0 bridgehead atoms. The van der Waals surface area contributed by atoms with Gasteiger partial charge in [0.2, 0.25) is 0 Å². The van der Waals surface area contributed by atoms with Crippen molar-refractivity contribution in [2.45, 2.75) is 58.5 Å². The number of carbonyl (C=O) groups is 1. The average molecular weight is 336 g/mol. The molecule has 0 N–H and O–H groups in total. The molecule has 2 saturated carbocycles. The second kappa shape index (κ2) is 6.81. The molecule has 5 atom stereocenters. The van der Waals surface area contributed by atoms with Crippen LogP contribution in [0.15, 0.2) is 18.2 Å². The Morgan fingerprint density at radius 1 is 1.17 bits per heavy atom. The van der Waals surface area contributed by atoms with E-state index >= 15 is 0 Å². The zero-order chi connectivity index (χ0) is 17.4. The number of benzene rings is 1. The van der Waals surface area contributed by atoms with Crippen molar-refractivity contribution < 1.29 is 18.3 Å². The van der Waals surface area contributed by atoms with Gasteiger partial charge in [-0.2, -0.15) is 0 Å². The van der Waals surface area contributed by atoms with E-state index in [0.29, 0.717) is 29.7 Å². The topological polar surface area (TPSA) is 26.3 Å². The van der Waals surface area contributed by atoms with Crippen LogP contribution in [0, 0.1) is 35.3 Å². The molecule has 2 nitrogen and oxygen atoms in total. The molecule has 2 aliphatic rings. The van der Waals surface area contributed by atoms with Gasteiger partial charge in [0.25, 0.3) is 0 Å². The van der Waals surface area contributed by atoms with Crippen molar-refractivity contribution in [3.8, 4) is 0 Å². The van der Waals surface area contributed by atoms with E-state index in [0.717, 1.165) is 18.9 Å². The summed E-state index contributed by atoms with van der Waals surface area (Å²) in [5, 5.41) is 0. The maximum atomic E-state index is 13.4. The van der Waals surface area contributed by atoms with Crippen molar-refractivity contribution in [3.63, 3.8) is 0 Å². The van der Waals surface area contributed by atoms with Crippen LogP contribution in [0.4, 0.5) is 8.78 Å². The summed E-state index contributed by atoms with van der Waals surface area (Å²) in [5.41, 5.74) is 0.688. The van der Waals surface area contributed by atoms with Crippen molar-refractivity contribution >= 4 is 5.97 Å². The predicted octanol–water partition coefficient (Wildman–Crippen LogP) is 5.07. The number of hydrogen-bond acceptors (Lipinski definition) is 2. The summed E-state index contributed by atoms with van der Waals surface area (Å²) in [5.74, 6) is -0.622. The minimum Gasteiger partial charge on any atom is -0.462 e. The van der Waals surface area contributed by atoms with E-state index in [-0.39, 0.29) is 23.9 Å². The molecule has 24 heavy (non-hydrogen) atoms. The molecule has 2 fully saturated rings. The van der Waals surface area contributed by atoms with Gasteiger partial charge >= 0.3 is 5.97 Å². The molecule has 4 heteroatoms. The van der Waals surface area contributed by atoms with E-state index in [4.69, 9.17) is 4.74 Å². The predicted molar refractivity (Wildman–Crippen MR) is 88.4 cm³/mol. The van der Waals surface area contributed by atoms with Gasteiger partial charge in [0.15, 0.2) is 11.6 Å². The maximum absolute atomic E-state index is 13.4. The minimum atomic E-state index is -0.854. The number of rotatable bonds is 4. The van der Waals surface area contributed by atoms with Gasteiger partial charge in [-0.1, -0.05) is 33.3 Å². The van der Waals surface area contributed by atoms with Gasteiger partial charge in [0.05, 0.1) is 5.92 Å². The fourth-order valence-electron chi connectivity index (χ4n) is 4.05. The summed E-state index contributed by atoms with van der Waals surface area (Å²) in [6, 6.07) is 3.89. The number of hydrogen-bond donors (Lipinski definition) is 0. The maximum Gasteiger partial charge on any atom is 0.309 e. The number of halogens is 2. The minimum absolute atomic E-state index is 0.00699. The van der Waals surface area contributed by atoms with Crippen LogP contribution < -0.4 is 0 Å². The third-order valence-corrected chi connectivity index (χ3v) is 5.69. The molecule has 0 saturated heterocycles. The Morgan fingerprint density at radius 2 is 1.92 bits per heavy atom. The lowest BCUT2D eigenvalue weighted by molar-refractivity contribution is -0.157. The molecule has 3 rings (SSSR count). The summed E-state index contributed by atoms with van der Waals surface area (Å²) in [4.78, 5) is 12.5. The van der Waals surface area contributed by atoms with Crippen molar-refractivity contribution in [3.05, 3.63) is 35.4 Å². The SMILES string of the molecule is CC(C)[C@@H]1CC[C@@H](C)C[C@H]1OC(=O)[C@H]1C[C@@H]1c1ccc(F)c(F)c1. The van der Waals surface area contributed by atoms with E-state index < -0.39 is 11.6 Å². The second-order valence-electron chi connectivity index (χ2n) is 7.92. The molecule has 0 radical (unpaired) electrons. The van der Waals surface area contributed by atoms with Crippen LogP contribution in [0.25, 0.3) is 0 Å². The fourth-order valence-corrected chi connectivity index (χ4v) is 4.05. The van der Waals surface area contributed by atoms with Crippen LogP contribution in [-0.2, 0) is 9.53 Å². The van der Waals surface area contributed by atoms with Crippen molar-refractivity contribution in [1.29, 1.82) is 0 Å². The molecular weight excluding hydrogens is 310 g/mol. The lowest BCUT2D eigenvalue weighted by Gasteiger charge is -2.36. The lowest BCUT2D eigenvalue weighted by atomic mass is 9.75. The molecule has 0 aromatic heterocycles. The highest BCUT2D eigenvalue weighted by Crippen LogP contribution is 2.49. The Morgan fingerprint density at radius 3 is 2.58 bits per heavy atom. The fraction of sp³-hybridized carbons (Fsp3) is 0.650. The van der Waals surface area contributed by atoms with Crippen LogP contribution in [0.1, 0.15) is 57.9 Å². The van der Waals surface area contributed by atoms with Crippen LogP contribution in [0.2, 0.25) is 0 Å². The normalized spacial score (nSPS) is 32.7. The van der Waals surface area contributed by atoms with Gasteiger partial charge in [-0.05, 0) is 60.6 Å². The molecule has 132 valence electrons. The van der Waals surface area contributed by atoms with E-state index in [2.05, 4.69) is 20.8 Å². The smallest absolute Gasteiger partial charge is 0.309 e. The van der Waals surface area contributed by atoms with Gasteiger partial charge in [0.1, 0.15) is 6.10 Å². The number of esters is 1.